The van der Waals surface area contributed by atoms with Gasteiger partial charge in [0.1, 0.15) is 11.5 Å². The smallest absolute Gasteiger partial charge is 0.126 e. The van der Waals surface area contributed by atoms with Crippen LogP contribution in [0.2, 0.25) is 0 Å². The van der Waals surface area contributed by atoms with Gasteiger partial charge in [0.15, 0.2) is 0 Å². The quantitative estimate of drug-likeness (QED) is 0.900. The highest BCUT2D eigenvalue weighted by Gasteiger charge is 2.08. The molecular weight excluding hydrogens is 226 g/mol. The molecular formula is C15H19NO2. The largest absolute Gasteiger partial charge is 0.496 e. The Hall–Kier alpha value is -1.74. The fourth-order valence-corrected chi connectivity index (χ4v) is 2.20. The average molecular weight is 245 g/mol. The van der Waals surface area contributed by atoms with Crippen molar-refractivity contribution in [1.82, 2.24) is 0 Å². The molecule has 2 aromatic carbocycles. The van der Waals surface area contributed by atoms with E-state index in [1.165, 1.54) is 5.56 Å². The molecule has 0 bridgehead atoms. The van der Waals surface area contributed by atoms with E-state index in [0.717, 1.165) is 28.7 Å². The highest BCUT2D eigenvalue weighted by molar-refractivity contribution is 5.93. The maximum absolute atomic E-state index is 5.84. The van der Waals surface area contributed by atoms with Crippen molar-refractivity contribution in [3.05, 3.63) is 35.9 Å². The van der Waals surface area contributed by atoms with E-state index in [4.69, 9.17) is 15.2 Å². The minimum absolute atomic E-state index is 0.152. The summed E-state index contributed by atoms with van der Waals surface area (Å²) in [5, 5.41) is 2.13. The molecule has 0 aliphatic heterocycles. The molecule has 1 unspecified atom stereocenters. The van der Waals surface area contributed by atoms with Gasteiger partial charge in [-0.25, -0.2) is 0 Å². The van der Waals surface area contributed by atoms with E-state index in [0.29, 0.717) is 0 Å². The Kier molecular flexibility index (Phi) is 3.72. The van der Waals surface area contributed by atoms with Crippen molar-refractivity contribution < 1.29 is 9.47 Å². The van der Waals surface area contributed by atoms with Gasteiger partial charge in [-0.15, -0.1) is 0 Å². The molecule has 1 atom stereocenters. The maximum Gasteiger partial charge on any atom is 0.126 e. The molecule has 0 aromatic heterocycles. The predicted octanol–water partition coefficient (Wildman–Crippen LogP) is 2.75. The highest BCUT2D eigenvalue weighted by atomic mass is 16.5. The van der Waals surface area contributed by atoms with Gasteiger partial charge in [-0.05, 0) is 37.1 Å². The van der Waals surface area contributed by atoms with E-state index < -0.39 is 0 Å². The van der Waals surface area contributed by atoms with E-state index in [2.05, 4.69) is 18.2 Å². The van der Waals surface area contributed by atoms with Crippen molar-refractivity contribution in [3.8, 4) is 11.5 Å². The first-order valence-electron chi connectivity index (χ1n) is 6.05. The molecule has 96 valence electrons. The van der Waals surface area contributed by atoms with Crippen molar-refractivity contribution in [3.63, 3.8) is 0 Å². The Bertz CT molecular complexity index is 549. The molecule has 2 N–H and O–H groups in total. The summed E-state index contributed by atoms with van der Waals surface area (Å²) >= 11 is 0. The first kappa shape index (κ1) is 12.7. The van der Waals surface area contributed by atoms with E-state index in [-0.39, 0.29) is 6.04 Å². The second-order valence-electron chi connectivity index (χ2n) is 4.53. The summed E-state index contributed by atoms with van der Waals surface area (Å²) in [6, 6.07) is 10.3. The molecule has 0 saturated heterocycles. The summed E-state index contributed by atoms with van der Waals surface area (Å²) in [5.41, 5.74) is 7.05. The monoisotopic (exact) mass is 245 g/mol. The lowest BCUT2D eigenvalue weighted by molar-refractivity contribution is 0.410. The van der Waals surface area contributed by atoms with Crippen LogP contribution >= 0.6 is 0 Å². The van der Waals surface area contributed by atoms with Gasteiger partial charge < -0.3 is 15.2 Å². The van der Waals surface area contributed by atoms with Crippen LogP contribution < -0.4 is 15.2 Å². The number of methoxy groups -OCH3 is 2. The second kappa shape index (κ2) is 5.27. The van der Waals surface area contributed by atoms with Crippen molar-refractivity contribution in [2.24, 2.45) is 5.73 Å². The third-order valence-corrected chi connectivity index (χ3v) is 3.00. The van der Waals surface area contributed by atoms with Crippen LogP contribution in [0.1, 0.15) is 12.5 Å². The van der Waals surface area contributed by atoms with Crippen LogP contribution in [0.3, 0.4) is 0 Å². The van der Waals surface area contributed by atoms with Crippen molar-refractivity contribution in [2.45, 2.75) is 19.4 Å². The zero-order valence-electron chi connectivity index (χ0n) is 11.1. The molecule has 0 saturated carbocycles. The molecule has 2 rings (SSSR count). The van der Waals surface area contributed by atoms with Crippen LogP contribution in [0.4, 0.5) is 0 Å². The van der Waals surface area contributed by atoms with Crippen LogP contribution in [0.5, 0.6) is 11.5 Å². The summed E-state index contributed by atoms with van der Waals surface area (Å²) < 4.78 is 10.8. The van der Waals surface area contributed by atoms with E-state index >= 15 is 0 Å². The molecule has 0 aliphatic carbocycles. The van der Waals surface area contributed by atoms with Gasteiger partial charge in [-0.3, -0.25) is 0 Å². The highest BCUT2D eigenvalue weighted by Crippen LogP contribution is 2.33. The standard InChI is InChI=1S/C15H19NO2/c1-10(16)8-11-4-5-12-13(9-11)15(18-3)7-6-14(12)17-2/h4-7,9-10H,8,16H2,1-3H3. The van der Waals surface area contributed by atoms with Gasteiger partial charge in [0.2, 0.25) is 0 Å². The maximum atomic E-state index is 5.84. The summed E-state index contributed by atoms with van der Waals surface area (Å²) in [6.07, 6.45) is 0.857. The molecule has 0 fully saturated rings. The first-order valence-corrected chi connectivity index (χ1v) is 6.05. The fourth-order valence-electron chi connectivity index (χ4n) is 2.20. The Morgan fingerprint density at radius 2 is 1.61 bits per heavy atom. The van der Waals surface area contributed by atoms with Gasteiger partial charge in [0.25, 0.3) is 0 Å². The summed E-state index contributed by atoms with van der Waals surface area (Å²) in [7, 11) is 3.36. The van der Waals surface area contributed by atoms with Crippen LogP contribution in [0.25, 0.3) is 10.8 Å². The van der Waals surface area contributed by atoms with Crippen molar-refractivity contribution >= 4 is 10.8 Å². The van der Waals surface area contributed by atoms with Crippen LogP contribution in [0.15, 0.2) is 30.3 Å². The van der Waals surface area contributed by atoms with Gasteiger partial charge >= 0.3 is 0 Å². The number of ether oxygens (including phenoxy) is 2. The normalized spacial score (nSPS) is 12.4. The number of benzene rings is 2. The van der Waals surface area contributed by atoms with Gasteiger partial charge in [-0.2, -0.15) is 0 Å². The SMILES string of the molecule is COc1ccc(OC)c2cc(CC(C)N)ccc12. The molecule has 2 aromatic rings. The molecule has 0 amide bonds. The minimum atomic E-state index is 0.152. The third kappa shape index (κ3) is 2.41. The predicted molar refractivity (Wildman–Crippen MR) is 74.4 cm³/mol. The van der Waals surface area contributed by atoms with Crippen LogP contribution in [-0.2, 0) is 6.42 Å². The Labute approximate surface area is 108 Å². The molecule has 0 radical (unpaired) electrons. The fraction of sp³-hybridized carbons (Fsp3) is 0.333. The number of rotatable bonds is 4. The summed E-state index contributed by atoms with van der Waals surface area (Å²) in [4.78, 5) is 0. The molecule has 3 heteroatoms. The van der Waals surface area contributed by atoms with E-state index in [1.807, 2.05) is 19.1 Å². The molecule has 18 heavy (non-hydrogen) atoms. The Balaban J connectivity index is 2.58. The van der Waals surface area contributed by atoms with Crippen molar-refractivity contribution in [1.29, 1.82) is 0 Å². The summed E-state index contributed by atoms with van der Waals surface area (Å²) in [6.45, 7) is 2.01. The molecule has 3 nitrogen and oxygen atoms in total. The zero-order valence-corrected chi connectivity index (χ0v) is 11.1. The topological polar surface area (TPSA) is 44.5 Å². The van der Waals surface area contributed by atoms with Crippen LogP contribution in [0, 0.1) is 0 Å². The number of hydrogen-bond donors (Lipinski definition) is 1. The third-order valence-electron chi connectivity index (χ3n) is 3.00. The lowest BCUT2D eigenvalue weighted by atomic mass is 10.0. The number of fused-ring (bicyclic) bond motifs is 1. The van der Waals surface area contributed by atoms with Gasteiger partial charge in [0, 0.05) is 16.8 Å². The number of hydrogen-bond acceptors (Lipinski definition) is 3. The van der Waals surface area contributed by atoms with Crippen molar-refractivity contribution in [2.75, 3.05) is 14.2 Å². The Morgan fingerprint density at radius 3 is 2.17 bits per heavy atom. The lowest BCUT2D eigenvalue weighted by Gasteiger charge is -2.12. The van der Waals surface area contributed by atoms with E-state index in [1.54, 1.807) is 14.2 Å². The average Bonchev–Trinajstić information content (AvgIpc) is 2.36. The number of nitrogens with two attached hydrogens (primary N) is 1. The Morgan fingerprint density at radius 1 is 1.00 bits per heavy atom. The lowest BCUT2D eigenvalue weighted by Crippen LogP contribution is -2.17. The van der Waals surface area contributed by atoms with Gasteiger partial charge in [0.05, 0.1) is 14.2 Å². The molecule has 0 aliphatic rings. The van der Waals surface area contributed by atoms with E-state index in [9.17, 15) is 0 Å². The second-order valence-corrected chi connectivity index (χ2v) is 4.53. The van der Waals surface area contributed by atoms with Crippen LogP contribution in [-0.4, -0.2) is 20.3 Å². The first-order chi connectivity index (χ1) is 8.65. The summed E-state index contributed by atoms with van der Waals surface area (Å²) in [5.74, 6) is 1.72. The molecule has 0 heterocycles. The minimum Gasteiger partial charge on any atom is -0.496 e. The molecule has 0 spiro atoms. The zero-order chi connectivity index (χ0) is 13.1. The van der Waals surface area contributed by atoms with Gasteiger partial charge in [-0.1, -0.05) is 12.1 Å².